The van der Waals surface area contributed by atoms with Crippen LogP contribution in [0, 0.1) is 13.8 Å². The molecule has 0 amide bonds. The lowest BCUT2D eigenvalue weighted by atomic mass is 10.1. The number of hydrogen-bond donors (Lipinski definition) is 0. The Hall–Kier alpha value is -0.870. The zero-order chi connectivity index (χ0) is 13.8. The van der Waals surface area contributed by atoms with Gasteiger partial charge in [0.2, 0.25) is 0 Å². The predicted octanol–water partition coefficient (Wildman–Crippen LogP) is 2.91. The summed E-state index contributed by atoms with van der Waals surface area (Å²) < 4.78 is 7.48. The maximum atomic E-state index is 5.69. The number of nitrogens with zero attached hydrogens (tertiary/aromatic N) is 2. The van der Waals surface area contributed by atoms with Crippen molar-refractivity contribution >= 4 is 17.2 Å². The highest BCUT2D eigenvalue weighted by Crippen LogP contribution is 2.20. The first kappa shape index (κ1) is 14.5. The maximum Gasteiger partial charge on any atom is 0.111 e. The van der Waals surface area contributed by atoms with Crippen LogP contribution in [0.5, 0.6) is 0 Å². The van der Waals surface area contributed by atoms with Crippen LogP contribution < -0.4 is 0 Å². The largest absolute Gasteiger partial charge is 0.383 e. The van der Waals surface area contributed by atoms with Crippen LogP contribution in [0.1, 0.15) is 36.2 Å². The van der Waals surface area contributed by atoms with Gasteiger partial charge in [0.1, 0.15) is 4.99 Å². The molecule has 1 aliphatic rings. The van der Waals surface area contributed by atoms with Gasteiger partial charge in [-0.05, 0) is 39.2 Å². The second-order valence-electron chi connectivity index (χ2n) is 5.28. The molecule has 19 heavy (non-hydrogen) atoms. The fraction of sp³-hybridized carbons (Fsp3) is 0.667. The topological polar surface area (TPSA) is 17.4 Å². The van der Waals surface area contributed by atoms with Crippen molar-refractivity contribution in [2.24, 2.45) is 0 Å². The smallest absolute Gasteiger partial charge is 0.111 e. The third-order valence-electron chi connectivity index (χ3n) is 3.97. The van der Waals surface area contributed by atoms with Gasteiger partial charge in [0.25, 0.3) is 0 Å². The Labute approximate surface area is 121 Å². The van der Waals surface area contributed by atoms with E-state index < -0.39 is 0 Å². The van der Waals surface area contributed by atoms with Gasteiger partial charge in [-0.2, -0.15) is 0 Å². The van der Waals surface area contributed by atoms with Crippen molar-refractivity contribution in [1.29, 1.82) is 0 Å². The number of aromatic nitrogens is 1. The lowest BCUT2D eigenvalue weighted by Gasteiger charge is -2.29. The van der Waals surface area contributed by atoms with Crippen molar-refractivity contribution in [1.82, 2.24) is 9.47 Å². The van der Waals surface area contributed by atoms with E-state index in [4.69, 9.17) is 17.0 Å². The summed E-state index contributed by atoms with van der Waals surface area (Å²) in [7, 11) is 1.74. The lowest BCUT2D eigenvalue weighted by molar-refractivity contribution is 0.186. The molecule has 106 valence electrons. The Bertz CT molecular complexity index is 447. The molecule has 1 aromatic heterocycles. The standard InChI is InChI=1S/C15H24N2OS/c1-12-11-14(13(2)17(12)9-10-18-3)15(19)16-7-5-4-6-8-16/h11H,4-10H2,1-3H3. The highest BCUT2D eigenvalue weighted by atomic mass is 32.1. The van der Waals surface area contributed by atoms with Crippen molar-refractivity contribution in [2.75, 3.05) is 26.8 Å². The van der Waals surface area contributed by atoms with Crippen molar-refractivity contribution in [3.8, 4) is 0 Å². The quantitative estimate of drug-likeness (QED) is 0.790. The number of methoxy groups -OCH3 is 1. The first-order valence-corrected chi connectivity index (χ1v) is 7.51. The zero-order valence-electron chi connectivity index (χ0n) is 12.2. The second kappa shape index (κ2) is 6.53. The molecule has 0 N–H and O–H groups in total. The van der Waals surface area contributed by atoms with Crippen LogP contribution in [0.15, 0.2) is 6.07 Å². The van der Waals surface area contributed by atoms with E-state index in [9.17, 15) is 0 Å². The van der Waals surface area contributed by atoms with E-state index in [1.165, 1.54) is 36.2 Å². The van der Waals surface area contributed by atoms with Crippen LogP contribution >= 0.6 is 12.2 Å². The molecule has 0 bridgehead atoms. The molecular formula is C15H24N2OS. The molecule has 3 nitrogen and oxygen atoms in total. The van der Waals surface area contributed by atoms with Crippen molar-refractivity contribution in [3.05, 3.63) is 23.0 Å². The summed E-state index contributed by atoms with van der Waals surface area (Å²) >= 11 is 5.69. The minimum Gasteiger partial charge on any atom is -0.383 e. The van der Waals surface area contributed by atoms with Crippen LogP contribution in [0.4, 0.5) is 0 Å². The summed E-state index contributed by atoms with van der Waals surface area (Å²) in [5, 5.41) is 0. The second-order valence-corrected chi connectivity index (χ2v) is 5.67. The first-order chi connectivity index (χ1) is 9.15. The van der Waals surface area contributed by atoms with Gasteiger partial charge >= 0.3 is 0 Å². The summed E-state index contributed by atoms with van der Waals surface area (Å²) in [6.07, 6.45) is 3.87. The van der Waals surface area contributed by atoms with E-state index in [2.05, 4.69) is 29.4 Å². The molecule has 1 fully saturated rings. The summed E-state index contributed by atoms with van der Waals surface area (Å²) in [5.41, 5.74) is 3.76. The number of hydrogen-bond acceptors (Lipinski definition) is 2. The average Bonchev–Trinajstić information content (AvgIpc) is 2.72. The van der Waals surface area contributed by atoms with Crippen LogP contribution in [0.3, 0.4) is 0 Å². The van der Waals surface area contributed by atoms with Crippen LogP contribution in [0.25, 0.3) is 0 Å². The van der Waals surface area contributed by atoms with Gasteiger partial charge in [0, 0.05) is 43.7 Å². The number of likely N-dealkylation sites (tertiary alicyclic amines) is 1. The average molecular weight is 280 g/mol. The molecule has 1 aromatic rings. The van der Waals surface area contributed by atoms with Crippen molar-refractivity contribution < 1.29 is 4.74 Å². The summed E-state index contributed by atoms with van der Waals surface area (Å²) in [6, 6.07) is 2.22. The zero-order valence-corrected chi connectivity index (χ0v) is 13.1. The van der Waals surface area contributed by atoms with E-state index in [1.807, 2.05) is 0 Å². The molecule has 0 saturated carbocycles. The molecular weight excluding hydrogens is 256 g/mol. The Morgan fingerprint density at radius 1 is 1.26 bits per heavy atom. The van der Waals surface area contributed by atoms with E-state index >= 15 is 0 Å². The summed E-state index contributed by atoms with van der Waals surface area (Å²) in [4.78, 5) is 3.39. The minimum atomic E-state index is 0.742. The fourth-order valence-electron chi connectivity index (χ4n) is 2.81. The SMILES string of the molecule is COCCn1c(C)cc(C(=S)N2CCCCC2)c1C. The molecule has 1 aliphatic heterocycles. The Kier molecular flexibility index (Phi) is 4.99. The third-order valence-corrected chi connectivity index (χ3v) is 4.44. The Morgan fingerprint density at radius 2 is 1.95 bits per heavy atom. The first-order valence-electron chi connectivity index (χ1n) is 7.10. The third kappa shape index (κ3) is 3.18. The van der Waals surface area contributed by atoms with E-state index in [0.29, 0.717) is 0 Å². The monoisotopic (exact) mass is 280 g/mol. The Morgan fingerprint density at radius 3 is 2.58 bits per heavy atom. The van der Waals surface area contributed by atoms with Crippen LogP contribution in [-0.2, 0) is 11.3 Å². The molecule has 0 aromatic carbocycles. The van der Waals surface area contributed by atoms with Crippen molar-refractivity contribution in [3.63, 3.8) is 0 Å². The molecule has 2 rings (SSSR count). The fourth-order valence-corrected chi connectivity index (χ4v) is 3.20. The normalized spacial score (nSPS) is 15.8. The van der Waals surface area contributed by atoms with Gasteiger partial charge in [0.05, 0.1) is 6.61 Å². The molecule has 0 aliphatic carbocycles. The molecule has 0 spiro atoms. The molecule has 0 unspecified atom stereocenters. The summed E-state index contributed by atoms with van der Waals surface area (Å²) in [5.74, 6) is 0. The van der Waals surface area contributed by atoms with E-state index in [-0.39, 0.29) is 0 Å². The number of piperidine rings is 1. The molecule has 1 saturated heterocycles. The van der Waals surface area contributed by atoms with Gasteiger partial charge in [-0.3, -0.25) is 0 Å². The van der Waals surface area contributed by atoms with Gasteiger partial charge in [0.15, 0.2) is 0 Å². The maximum absolute atomic E-state index is 5.69. The van der Waals surface area contributed by atoms with E-state index in [0.717, 1.165) is 31.2 Å². The van der Waals surface area contributed by atoms with Gasteiger partial charge in [-0.1, -0.05) is 12.2 Å². The number of aryl methyl sites for hydroxylation is 1. The molecule has 4 heteroatoms. The highest BCUT2D eigenvalue weighted by Gasteiger charge is 2.19. The van der Waals surface area contributed by atoms with Gasteiger partial charge < -0.3 is 14.2 Å². The summed E-state index contributed by atoms with van der Waals surface area (Å²) in [6.45, 7) is 8.17. The number of ether oxygens (including phenoxy) is 1. The van der Waals surface area contributed by atoms with Crippen LogP contribution in [-0.4, -0.2) is 41.3 Å². The van der Waals surface area contributed by atoms with Gasteiger partial charge in [-0.25, -0.2) is 0 Å². The highest BCUT2D eigenvalue weighted by molar-refractivity contribution is 7.80. The molecule has 0 atom stereocenters. The molecule has 2 heterocycles. The number of rotatable bonds is 4. The van der Waals surface area contributed by atoms with E-state index in [1.54, 1.807) is 7.11 Å². The Balaban J connectivity index is 2.17. The van der Waals surface area contributed by atoms with Crippen molar-refractivity contribution in [2.45, 2.75) is 39.7 Å². The minimum absolute atomic E-state index is 0.742. The predicted molar refractivity (Wildman–Crippen MR) is 82.9 cm³/mol. The number of thiocarbonyl (C=S) groups is 1. The van der Waals surface area contributed by atoms with Crippen LogP contribution in [0.2, 0.25) is 0 Å². The molecule has 0 radical (unpaired) electrons. The lowest BCUT2D eigenvalue weighted by Crippen LogP contribution is -2.35. The van der Waals surface area contributed by atoms with Gasteiger partial charge in [-0.15, -0.1) is 0 Å².